The van der Waals surface area contributed by atoms with Gasteiger partial charge in [0.1, 0.15) is 6.10 Å². The van der Waals surface area contributed by atoms with Gasteiger partial charge in [-0.2, -0.15) is 0 Å². The van der Waals surface area contributed by atoms with Gasteiger partial charge in [0.25, 0.3) is 0 Å². The zero-order valence-electron chi connectivity index (χ0n) is 15.4. The van der Waals surface area contributed by atoms with Gasteiger partial charge in [-0.25, -0.2) is 0 Å². The summed E-state index contributed by atoms with van der Waals surface area (Å²) in [5, 5.41) is 2.76. The van der Waals surface area contributed by atoms with Crippen LogP contribution in [0.15, 0.2) is 30.3 Å². The van der Waals surface area contributed by atoms with E-state index < -0.39 is 0 Å². The van der Waals surface area contributed by atoms with Crippen molar-refractivity contribution in [2.24, 2.45) is 0 Å². The highest BCUT2D eigenvalue weighted by molar-refractivity contribution is 5.72. The van der Waals surface area contributed by atoms with E-state index in [9.17, 15) is 9.59 Å². The molecule has 0 fully saturated rings. The maximum Gasteiger partial charge on any atom is 0.306 e. The summed E-state index contributed by atoms with van der Waals surface area (Å²) < 4.78 is 5.75. The van der Waals surface area contributed by atoms with Crippen molar-refractivity contribution >= 4 is 11.9 Å². The molecule has 0 unspecified atom stereocenters. The molecule has 134 valence electrons. The molecule has 1 rings (SSSR count). The van der Waals surface area contributed by atoms with Crippen molar-refractivity contribution in [3.05, 3.63) is 35.9 Å². The van der Waals surface area contributed by atoms with Gasteiger partial charge in [0.2, 0.25) is 5.91 Å². The van der Waals surface area contributed by atoms with Gasteiger partial charge in [0.15, 0.2) is 0 Å². The smallest absolute Gasteiger partial charge is 0.306 e. The van der Waals surface area contributed by atoms with Gasteiger partial charge in [-0.1, -0.05) is 57.5 Å². The van der Waals surface area contributed by atoms with Crippen molar-refractivity contribution in [3.8, 4) is 0 Å². The molecule has 1 atom stereocenters. The minimum atomic E-state index is -0.211. The molecule has 24 heavy (non-hydrogen) atoms. The highest BCUT2D eigenvalue weighted by atomic mass is 16.5. The Labute approximate surface area is 146 Å². The number of esters is 1. The minimum absolute atomic E-state index is 0.0108. The predicted octanol–water partition coefficient (Wildman–Crippen LogP) is 3.98. The SMILES string of the molecule is CC[C@H](OC(=O)CCCCCNC(C)=O)C(C)(C)c1ccccc1. The fourth-order valence-electron chi connectivity index (χ4n) is 2.85. The molecule has 0 saturated heterocycles. The largest absolute Gasteiger partial charge is 0.461 e. The number of amides is 1. The van der Waals surface area contributed by atoms with Gasteiger partial charge >= 0.3 is 5.97 Å². The summed E-state index contributed by atoms with van der Waals surface area (Å²) in [6.07, 6.45) is 3.68. The van der Waals surface area contributed by atoms with Crippen LogP contribution >= 0.6 is 0 Å². The Bertz CT molecular complexity index is 511. The Hall–Kier alpha value is -1.84. The van der Waals surface area contributed by atoms with Gasteiger partial charge in [-0.05, 0) is 24.8 Å². The molecule has 0 aliphatic rings. The van der Waals surface area contributed by atoms with Gasteiger partial charge in [0, 0.05) is 25.3 Å². The molecule has 0 radical (unpaired) electrons. The lowest BCUT2D eigenvalue weighted by molar-refractivity contribution is -0.152. The number of carbonyl (C=O) groups excluding carboxylic acids is 2. The van der Waals surface area contributed by atoms with E-state index in [1.807, 2.05) is 18.2 Å². The lowest BCUT2D eigenvalue weighted by Gasteiger charge is -2.34. The van der Waals surface area contributed by atoms with Gasteiger partial charge < -0.3 is 10.1 Å². The highest BCUT2D eigenvalue weighted by Gasteiger charge is 2.32. The fourth-order valence-corrected chi connectivity index (χ4v) is 2.85. The summed E-state index contributed by atoms with van der Waals surface area (Å²) in [5.41, 5.74) is 0.969. The molecule has 4 heteroatoms. The van der Waals surface area contributed by atoms with Gasteiger partial charge in [-0.3, -0.25) is 9.59 Å². The minimum Gasteiger partial charge on any atom is -0.461 e. The van der Waals surface area contributed by atoms with Crippen LogP contribution in [0.4, 0.5) is 0 Å². The second-order valence-corrected chi connectivity index (χ2v) is 6.77. The first-order chi connectivity index (χ1) is 11.4. The van der Waals surface area contributed by atoms with E-state index in [1.165, 1.54) is 12.5 Å². The summed E-state index contributed by atoms with van der Waals surface area (Å²) in [6.45, 7) is 8.48. The third kappa shape index (κ3) is 6.73. The van der Waals surface area contributed by atoms with E-state index in [0.717, 1.165) is 25.7 Å². The zero-order chi connectivity index (χ0) is 18.0. The topological polar surface area (TPSA) is 55.4 Å². The van der Waals surface area contributed by atoms with Crippen LogP contribution in [0.2, 0.25) is 0 Å². The number of hydrogen-bond acceptors (Lipinski definition) is 3. The van der Waals surface area contributed by atoms with Crippen LogP contribution in [0.1, 0.15) is 65.4 Å². The number of ether oxygens (including phenoxy) is 1. The van der Waals surface area contributed by atoms with E-state index in [4.69, 9.17) is 4.74 Å². The molecule has 1 aromatic rings. The van der Waals surface area contributed by atoms with E-state index >= 15 is 0 Å². The molecule has 1 aromatic carbocycles. The first-order valence-electron chi connectivity index (χ1n) is 8.87. The van der Waals surface area contributed by atoms with Crippen molar-refractivity contribution in [3.63, 3.8) is 0 Å². The molecule has 0 aromatic heterocycles. The number of rotatable bonds is 10. The Kier molecular flexibility index (Phi) is 8.51. The van der Waals surface area contributed by atoms with Crippen LogP contribution < -0.4 is 5.32 Å². The number of benzene rings is 1. The highest BCUT2D eigenvalue weighted by Crippen LogP contribution is 2.31. The van der Waals surface area contributed by atoms with Crippen molar-refractivity contribution in [1.29, 1.82) is 0 Å². The second-order valence-electron chi connectivity index (χ2n) is 6.77. The molecule has 0 aliphatic carbocycles. The third-order valence-corrected chi connectivity index (χ3v) is 4.40. The molecule has 1 N–H and O–H groups in total. The van der Waals surface area contributed by atoms with Gasteiger partial charge in [0.05, 0.1) is 0 Å². The van der Waals surface area contributed by atoms with Crippen LogP contribution in [0, 0.1) is 0 Å². The maximum atomic E-state index is 12.1. The van der Waals surface area contributed by atoms with Crippen LogP contribution in [0.3, 0.4) is 0 Å². The summed E-state index contributed by atoms with van der Waals surface area (Å²) in [6, 6.07) is 10.2. The Morgan fingerprint density at radius 2 is 1.79 bits per heavy atom. The molecule has 0 aliphatic heterocycles. The first-order valence-corrected chi connectivity index (χ1v) is 8.87. The Morgan fingerprint density at radius 1 is 1.12 bits per heavy atom. The van der Waals surface area contributed by atoms with Crippen molar-refractivity contribution < 1.29 is 14.3 Å². The molecule has 0 heterocycles. The molecular weight excluding hydrogens is 302 g/mol. The van der Waals surface area contributed by atoms with E-state index in [-0.39, 0.29) is 23.4 Å². The summed E-state index contributed by atoms with van der Waals surface area (Å²) in [4.78, 5) is 22.9. The van der Waals surface area contributed by atoms with Crippen molar-refractivity contribution in [2.45, 2.75) is 71.3 Å². The lowest BCUT2D eigenvalue weighted by atomic mass is 9.78. The average molecular weight is 333 g/mol. The second kappa shape index (κ2) is 10.1. The van der Waals surface area contributed by atoms with Crippen LogP contribution in [0.25, 0.3) is 0 Å². The molecular formula is C20H31NO3. The van der Waals surface area contributed by atoms with Crippen molar-refractivity contribution in [1.82, 2.24) is 5.32 Å². The van der Waals surface area contributed by atoms with Crippen molar-refractivity contribution in [2.75, 3.05) is 6.54 Å². The lowest BCUT2D eigenvalue weighted by Crippen LogP contribution is -2.37. The number of hydrogen-bond donors (Lipinski definition) is 1. The number of nitrogens with one attached hydrogen (secondary N) is 1. The molecule has 4 nitrogen and oxygen atoms in total. The van der Waals surface area contributed by atoms with Crippen LogP contribution in [-0.2, 0) is 19.7 Å². The standard InChI is InChI=1S/C20H31NO3/c1-5-18(20(3,4)17-12-8-6-9-13-17)24-19(23)14-10-7-11-15-21-16(2)22/h6,8-9,12-13,18H,5,7,10-11,14-15H2,1-4H3,(H,21,22)/t18-/m0/s1. The van der Waals surface area contributed by atoms with E-state index in [2.05, 4.69) is 38.2 Å². The molecule has 0 spiro atoms. The Morgan fingerprint density at radius 3 is 2.38 bits per heavy atom. The summed E-state index contributed by atoms with van der Waals surface area (Å²) in [7, 11) is 0. The molecule has 0 bridgehead atoms. The zero-order valence-corrected chi connectivity index (χ0v) is 15.4. The normalized spacial score (nSPS) is 12.5. The third-order valence-electron chi connectivity index (χ3n) is 4.40. The Balaban J connectivity index is 2.41. The average Bonchev–Trinajstić information content (AvgIpc) is 2.56. The monoisotopic (exact) mass is 333 g/mol. The van der Waals surface area contributed by atoms with Gasteiger partial charge in [-0.15, -0.1) is 0 Å². The van der Waals surface area contributed by atoms with Crippen LogP contribution in [0.5, 0.6) is 0 Å². The van der Waals surface area contributed by atoms with E-state index in [1.54, 1.807) is 0 Å². The first kappa shape index (κ1) is 20.2. The quantitative estimate of drug-likeness (QED) is 0.520. The number of unbranched alkanes of at least 4 members (excludes halogenated alkanes) is 2. The number of carbonyl (C=O) groups is 2. The molecule has 1 amide bonds. The summed E-state index contributed by atoms with van der Waals surface area (Å²) in [5.74, 6) is -0.145. The van der Waals surface area contributed by atoms with Crippen LogP contribution in [-0.4, -0.2) is 24.5 Å². The predicted molar refractivity (Wildman–Crippen MR) is 96.8 cm³/mol. The maximum absolute atomic E-state index is 12.1. The fraction of sp³-hybridized carbons (Fsp3) is 0.600. The summed E-state index contributed by atoms with van der Waals surface area (Å²) >= 11 is 0. The molecule has 0 saturated carbocycles. The van der Waals surface area contributed by atoms with E-state index in [0.29, 0.717) is 13.0 Å².